The molecule has 21 heavy (non-hydrogen) atoms. The lowest BCUT2D eigenvalue weighted by Gasteiger charge is -2.25. The Morgan fingerprint density at radius 2 is 1.81 bits per heavy atom. The van der Waals surface area contributed by atoms with Crippen molar-refractivity contribution in [2.75, 3.05) is 37.6 Å². The first kappa shape index (κ1) is 17.4. The van der Waals surface area contributed by atoms with Crippen LogP contribution in [0, 0.1) is 5.82 Å². The van der Waals surface area contributed by atoms with Crippen LogP contribution in [0.1, 0.15) is 37.6 Å². The summed E-state index contributed by atoms with van der Waals surface area (Å²) >= 11 is 0. The Balaban J connectivity index is 2.68. The average molecular weight is 296 g/mol. The molecule has 4 nitrogen and oxygen atoms in total. The van der Waals surface area contributed by atoms with E-state index in [-0.39, 0.29) is 5.56 Å². The first-order chi connectivity index (χ1) is 10.0. The van der Waals surface area contributed by atoms with Gasteiger partial charge in [0.05, 0.1) is 5.56 Å². The van der Waals surface area contributed by atoms with Crippen LogP contribution in [-0.4, -0.2) is 48.7 Å². The molecule has 1 rings (SSSR count). The SMILES string of the molecule is CCN(CC)CCCN(CC)c1ccc(C(=O)O)c(F)c1. The number of aromatic carboxylic acids is 1. The predicted octanol–water partition coefficient (Wildman–Crippen LogP) is 3.08. The van der Waals surface area contributed by atoms with Crippen LogP contribution in [0.3, 0.4) is 0 Å². The summed E-state index contributed by atoms with van der Waals surface area (Å²) in [7, 11) is 0. The minimum atomic E-state index is -1.23. The summed E-state index contributed by atoms with van der Waals surface area (Å²) in [6, 6.07) is 4.32. The van der Waals surface area contributed by atoms with Crippen LogP contribution in [0.2, 0.25) is 0 Å². The Kier molecular flexibility index (Phi) is 7.15. The molecule has 0 aliphatic rings. The van der Waals surface area contributed by atoms with Crippen molar-refractivity contribution in [1.82, 2.24) is 4.90 Å². The molecule has 5 heteroatoms. The van der Waals surface area contributed by atoms with Crippen molar-refractivity contribution in [1.29, 1.82) is 0 Å². The summed E-state index contributed by atoms with van der Waals surface area (Å²) in [5.74, 6) is -1.91. The lowest BCUT2D eigenvalue weighted by molar-refractivity contribution is 0.0692. The molecule has 0 saturated heterocycles. The summed E-state index contributed by atoms with van der Waals surface area (Å²) in [5.41, 5.74) is 0.456. The van der Waals surface area contributed by atoms with Gasteiger partial charge in [-0.2, -0.15) is 0 Å². The van der Waals surface area contributed by atoms with Gasteiger partial charge in [-0.15, -0.1) is 0 Å². The highest BCUT2D eigenvalue weighted by Crippen LogP contribution is 2.19. The highest BCUT2D eigenvalue weighted by atomic mass is 19.1. The molecule has 0 spiro atoms. The Hall–Kier alpha value is -1.62. The number of hydrogen-bond donors (Lipinski definition) is 1. The van der Waals surface area contributed by atoms with Crippen LogP contribution in [0.4, 0.5) is 10.1 Å². The molecular formula is C16H25FN2O2. The molecule has 0 amide bonds. The number of benzene rings is 1. The van der Waals surface area contributed by atoms with Gasteiger partial charge in [-0.3, -0.25) is 0 Å². The van der Waals surface area contributed by atoms with Gasteiger partial charge in [0.15, 0.2) is 0 Å². The maximum atomic E-state index is 13.7. The van der Waals surface area contributed by atoms with Crippen molar-refractivity contribution < 1.29 is 14.3 Å². The number of anilines is 1. The fraction of sp³-hybridized carbons (Fsp3) is 0.562. The monoisotopic (exact) mass is 296 g/mol. The molecule has 1 aromatic carbocycles. The van der Waals surface area contributed by atoms with E-state index in [0.29, 0.717) is 0 Å². The quantitative estimate of drug-likeness (QED) is 0.760. The molecule has 1 N–H and O–H groups in total. The highest BCUT2D eigenvalue weighted by Gasteiger charge is 2.13. The number of hydrogen-bond acceptors (Lipinski definition) is 3. The Morgan fingerprint density at radius 1 is 1.14 bits per heavy atom. The van der Waals surface area contributed by atoms with Crippen LogP contribution in [-0.2, 0) is 0 Å². The van der Waals surface area contributed by atoms with Gasteiger partial charge in [0.25, 0.3) is 0 Å². The molecule has 0 bridgehead atoms. The van der Waals surface area contributed by atoms with Gasteiger partial charge < -0.3 is 14.9 Å². The molecule has 0 fully saturated rings. The normalized spacial score (nSPS) is 10.9. The Morgan fingerprint density at radius 3 is 2.29 bits per heavy atom. The van der Waals surface area contributed by atoms with Crippen molar-refractivity contribution in [2.45, 2.75) is 27.2 Å². The zero-order valence-corrected chi connectivity index (χ0v) is 13.1. The van der Waals surface area contributed by atoms with Crippen LogP contribution in [0.15, 0.2) is 18.2 Å². The topological polar surface area (TPSA) is 43.8 Å². The third kappa shape index (κ3) is 5.01. The maximum Gasteiger partial charge on any atom is 0.338 e. The summed E-state index contributed by atoms with van der Waals surface area (Å²) in [4.78, 5) is 15.2. The number of rotatable bonds is 9. The predicted molar refractivity (Wildman–Crippen MR) is 83.7 cm³/mol. The zero-order valence-electron chi connectivity index (χ0n) is 13.1. The highest BCUT2D eigenvalue weighted by molar-refractivity contribution is 5.88. The van der Waals surface area contributed by atoms with E-state index in [2.05, 4.69) is 23.6 Å². The first-order valence-electron chi connectivity index (χ1n) is 7.53. The lowest BCUT2D eigenvalue weighted by atomic mass is 10.1. The lowest BCUT2D eigenvalue weighted by Crippen LogP contribution is -2.30. The van der Waals surface area contributed by atoms with Crippen molar-refractivity contribution in [3.05, 3.63) is 29.6 Å². The Bertz CT molecular complexity index is 462. The average Bonchev–Trinajstić information content (AvgIpc) is 2.47. The molecule has 0 aliphatic carbocycles. The second kappa shape index (κ2) is 8.62. The van der Waals surface area contributed by atoms with E-state index in [9.17, 15) is 9.18 Å². The second-order valence-corrected chi connectivity index (χ2v) is 4.93. The summed E-state index contributed by atoms with van der Waals surface area (Å²) < 4.78 is 13.7. The number of carboxylic acid groups (broad SMARTS) is 1. The molecule has 0 radical (unpaired) electrons. The van der Waals surface area contributed by atoms with Gasteiger partial charge in [-0.1, -0.05) is 13.8 Å². The molecule has 0 heterocycles. The molecule has 0 aromatic heterocycles. The number of carbonyl (C=O) groups is 1. The van der Waals surface area contributed by atoms with Gasteiger partial charge in [0.2, 0.25) is 0 Å². The van der Waals surface area contributed by atoms with E-state index in [4.69, 9.17) is 5.11 Å². The van der Waals surface area contributed by atoms with Crippen LogP contribution in [0.5, 0.6) is 0 Å². The van der Waals surface area contributed by atoms with E-state index in [1.807, 2.05) is 6.92 Å². The summed E-state index contributed by atoms with van der Waals surface area (Å²) in [6.07, 6.45) is 0.998. The number of carboxylic acids is 1. The molecule has 118 valence electrons. The first-order valence-corrected chi connectivity index (χ1v) is 7.53. The van der Waals surface area contributed by atoms with Gasteiger partial charge in [-0.25, -0.2) is 9.18 Å². The van der Waals surface area contributed by atoms with Crippen molar-refractivity contribution >= 4 is 11.7 Å². The van der Waals surface area contributed by atoms with E-state index in [0.717, 1.165) is 44.8 Å². The van der Waals surface area contributed by atoms with E-state index < -0.39 is 11.8 Å². The fourth-order valence-corrected chi connectivity index (χ4v) is 2.37. The van der Waals surface area contributed by atoms with Crippen molar-refractivity contribution in [3.8, 4) is 0 Å². The largest absolute Gasteiger partial charge is 0.478 e. The minimum absolute atomic E-state index is 0.280. The van der Waals surface area contributed by atoms with Crippen LogP contribution >= 0.6 is 0 Å². The van der Waals surface area contributed by atoms with Gasteiger partial charge >= 0.3 is 5.97 Å². The fourth-order valence-electron chi connectivity index (χ4n) is 2.37. The van der Waals surface area contributed by atoms with Gasteiger partial charge in [0.1, 0.15) is 5.82 Å². The minimum Gasteiger partial charge on any atom is -0.478 e. The van der Waals surface area contributed by atoms with Crippen molar-refractivity contribution in [2.24, 2.45) is 0 Å². The standard InChI is InChI=1S/C16H25FN2O2/c1-4-18(5-2)10-7-11-19(6-3)13-8-9-14(16(20)21)15(17)12-13/h8-9,12H,4-7,10-11H2,1-3H3,(H,20,21). The maximum absolute atomic E-state index is 13.7. The summed E-state index contributed by atoms with van der Waals surface area (Å²) in [5, 5.41) is 8.85. The van der Waals surface area contributed by atoms with Gasteiger partial charge in [-0.05, 0) is 51.2 Å². The molecular weight excluding hydrogens is 271 g/mol. The number of halogens is 1. The third-order valence-corrected chi connectivity index (χ3v) is 3.73. The second-order valence-electron chi connectivity index (χ2n) is 4.93. The van der Waals surface area contributed by atoms with Gasteiger partial charge in [0, 0.05) is 18.8 Å². The summed E-state index contributed by atoms with van der Waals surface area (Å²) in [6.45, 7) is 11.0. The molecule has 0 aliphatic heterocycles. The molecule has 0 atom stereocenters. The van der Waals surface area contributed by atoms with Crippen LogP contribution < -0.4 is 4.90 Å². The molecule has 0 unspecified atom stereocenters. The molecule has 1 aromatic rings. The Labute approximate surface area is 126 Å². The smallest absolute Gasteiger partial charge is 0.338 e. The van der Waals surface area contributed by atoms with E-state index >= 15 is 0 Å². The van der Waals surface area contributed by atoms with E-state index in [1.165, 1.54) is 12.1 Å². The van der Waals surface area contributed by atoms with Crippen molar-refractivity contribution in [3.63, 3.8) is 0 Å². The zero-order chi connectivity index (χ0) is 15.8. The molecule has 0 saturated carbocycles. The van der Waals surface area contributed by atoms with Crippen LogP contribution in [0.25, 0.3) is 0 Å². The third-order valence-electron chi connectivity index (χ3n) is 3.73. The number of nitrogens with zero attached hydrogens (tertiary/aromatic N) is 2. The van der Waals surface area contributed by atoms with E-state index in [1.54, 1.807) is 6.07 Å².